The summed E-state index contributed by atoms with van der Waals surface area (Å²) in [6, 6.07) is 52.3. The fourth-order valence-corrected chi connectivity index (χ4v) is 6.63. The summed E-state index contributed by atoms with van der Waals surface area (Å²) >= 11 is 0. The molecule has 1 aliphatic carbocycles. The average molecular weight is 603 g/mol. The van der Waals surface area contributed by atoms with Crippen molar-refractivity contribution in [2.24, 2.45) is 0 Å². The highest BCUT2D eigenvalue weighted by Crippen LogP contribution is 2.50. The van der Waals surface area contributed by atoms with Gasteiger partial charge >= 0.3 is 0 Å². The van der Waals surface area contributed by atoms with Crippen LogP contribution in [0.2, 0.25) is 0 Å². The van der Waals surface area contributed by atoms with Crippen LogP contribution in [0.3, 0.4) is 0 Å². The molecule has 6 aromatic carbocycles. The van der Waals surface area contributed by atoms with E-state index in [1.807, 2.05) is 48.5 Å². The van der Waals surface area contributed by atoms with E-state index in [2.05, 4.69) is 117 Å². The summed E-state index contributed by atoms with van der Waals surface area (Å²) in [7, 11) is 0. The second kappa shape index (κ2) is 11.3. The normalized spacial score (nSPS) is 12.6. The smallest absolute Gasteiger partial charge is 0.164 e. The van der Waals surface area contributed by atoms with Gasteiger partial charge in [0, 0.05) is 22.1 Å². The van der Waals surface area contributed by atoms with Gasteiger partial charge in [0.05, 0.1) is 11.6 Å². The molecule has 0 fully saturated rings. The molecule has 0 spiro atoms. The lowest BCUT2D eigenvalue weighted by molar-refractivity contribution is 0.660. The van der Waals surface area contributed by atoms with Crippen molar-refractivity contribution in [3.63, 3.8) is 0 Å². The molecule has 4 nitrogen and oxygen atoms in total. The summed E-state index contributed by atoms with van der Waals surface area (Å²) in [5, 5.41) is 9.52. The Kier molecular flexibility index (Phi) is 6.82. The van der Waals surface area contributed by atoms with Crippen LogP contribution in [0.15, 0.2) is 146 Å². The minimum atomic E-state index is -0.174. The summed E-state index contributed by atoms with van der Waals surface area (Å²) in [4.78, 5) is 14.9. The van der Waals surface area contributed by atoms with E-state index in [4.69, 9.17) is 15.0 Å². The van der Waals surface area contributed by atoms with Crippen molar-refractivity contribution in [1.82, 2.24) is 15.0 Å². The van der Waals surface area contributed by atoms with Gasteiger partial charge in [-0.25, -0.2) is 15.0 Å². The van der Waals surface area contributed by atoms with Gasteiger partial charge in [-0.2, -0.15) is 5.26 Å². The monoisotopic (exact) mass is 602 g/mol. The first kappa shape index (κ1) is 28.3. The van der Waals surface area contributed by atoms with E-state index in [0.717, 1.165) is 33.4 Å². The van der Waals surface area contributed by atoms with E-state index in [1.165, 1.54) is 27.8 Å². The molecule has 0 N–H and O–H groups in total. The van der Waals surface area contributed by atoms with Gasteiger partial charge in [0.2, 0.25) is 0 Å². The maximum absolute atomic E-state index is 9.52. The van der Waals surface area contributed by atoms with Gasteiger partial charge < -0.3 is 0 Å². The van der Waals surface area contributed by atoms with Gasteiger partial charge in [-0.05, 0) is 68.8 Å². The highest BCUT2D eigenvalue weighted by molar-refractivity contribution is 5.85. The lowest BCUT2D eigenvalue weighted by Gasteiger charge is -2.21. The summed E-state index contributed by atoms with van der Waals surface area (Å²) in [5.41, 5.74) is 12.7. The molecule has 7 aromatic rings. The molecule has 1 aliphatic rings. The molecule has 0 atom stereocenters. The largest absolute Gasteiger partial charge is 0.208 e. The maximum atomic E-state index is 9.52. The highest BCUT2D eigenvalue weighted by atomic mass is 15.0. The van der Waals surface area contributed by atoms with Crippen molar-refractivity contribution < 1.29 is 0 Å². The van der Waals surface area contributed by atoms with Crippen LogP contribution in [0.1, 0.15) is 30.5 Å². The second-order valence-corrected chi connectivity index (χ2v) is 12.5. The van der Waals surface area contributed by atoms with E-state index >= 15 is 0 Å². The molecule has 222 valence electrons. The van der Waals surface area contributed by atoms with Crippen molar-refractivity contribution >= 4 is 0 Å². The van der Waals surface area contributed by atoms with Crippen molar-refractivity contribution in [2.75, 3.05) is 0 Å². The van der Waals surface area contributed by atoms with Gasteiger partial charge in [0.15, 0.2) is 17.5 Å². The van der Waals surface area contributed by atoms with Crippen LogP contribution in [0.4, 0.5) is 0 Å². The first-order valence-corrected chi connectivity index (χ1v) is 15.8. The van der Waals surface area contributed by atoms with Gasteiger partial charge in [0.1, 0.15) is 0 Å². The first-order valence-electron chi connectivity index (χ1n) is 15.8. The molecular weight excluding hydrogens is 573 g/mol. The summed E-state index contributed by atoms with van der Waals surface area (Å²) < 4.78 is 0. The van der Waals surface area contributed by atoms with Crippen molar-refractivity contribution in [3.8, 4) is 73.6 Å². The van der Waals surface area contributed by atoms with Gasteiger partial charge in [-0.3, -0.25) is 0 Å². The fraction of sp³-hybridized carbons (Fsp3) is 0.0698. The SMILES string of the molecule is CC1(C)c2ccc(-c3cccc(-c4nc(-c5ccccc5)nc(-c5ccc(-c6ccccc6)cc5)n4)c3)cc2-c2ccc(C#N)cc21. The number of rotatable bonds is 5. The number of fused-ring (bicyclic) bond motifs is 3. The van der Waals surface area contributed by atoms with Crippen LogP contribution < -0.4 is 0 Å². The summed E-state index contributed by atoms with van der Waals surface area (Å²) in [6.07, 6.45) is 0. The molecule has 0 saturated carbocycles. The van der Waals surface area contributed by atoms with Gasteiger partial charge in [-0.15, -0.1) is 0 Å². The predicted molar refractivity (Wildman–Crippen MR) is 189 cm³/mol. The van der Waals surface area contributed by atoms with Crippen LogP contribution in [-0.4, -0.2) is 15.0 Å². The number of hydrogen-bond donors (Lipinski definition) is 0. The Balaban J connectivity index is 1.21. The number of aromatic nitrogens is 3. The van der Waals surface area contributed by atoms with Crippen LogP contribution >= 0.6 is 0 Å². The molecule has 0 bridgehead atoms. The molecule has 0 unspecified atom stereocenters. The Hall–Kier alpha value is -6.18. The third kappa shape index (κ3) is 5.09. The zero-order valence-corrected chi connectivity index (χ0v) is 26.1. The summed E-state index contributed by atoms with van der Waals surface area (Å²) in [6.45, 7) is 4.47. The Bertz CT molecular complexity index is 2320. The molecule has 0 radical (unpaired) electrons. The standard InChI is InChI=1S/C43H30N4/c1-43(2)38-23-21-34(26-37(38)36-22-16-28(27-44)24-39(36)43)33-14-9-15-35(25-33)42-46-40(31-12-7-4-8-13-31)45-41(47-42)32-19-17-30(18-20-32)29-10-5-3-6-11-29/h3-26H,1-2H3. The Morgan fingerprint density at radius 1 is 0.426 bits per heavy atom. The molecule has 1 aromatic heterocycles. The first-order chi connectivity index (χ1) is 23.0. The van der Waals surface area contributed by atoms with E-state index in [9.17, 15) is 5.26 Å². The third-order valence-corrected chi connectivity index (χ3v) is 9.18. The number of hydrogen-bond acceptors (Lipinski definition) is 4. The number of benzene rings is 6. The van der Waals surface area contributed by atoms with E-state index in [0.29, 0.717) is 23.0 Å². The second-order valence-electron chi connectivity index (χ2n) is 12.5. The van der Waals surface area contributed by atoms with E-state index in [1.54, 1.807) is 0 Å². The number of nitriles is 1. The van der Waals surface area contributed by atoms with Gasteiger partial charge in [0.25, 0.3) is 0 Å². The fourth-order valence-electron chi connectivity index (χ4n) is 6.63. The van der Waals surface area contributed by atoms with E-state index in [-0.39, 0.29) is 5.41 Å². The predicted octanol–water partition coefficient (Wildman–Crippen LogP) is 10.4. The third-order valence-electron chi connectivity index (χ3n) is 9.18. The van der Waals surface area contributed by atoms with Crippen LogP contribution in [0.5, 0.6) is 0 Å². The molecule has 0 amide bonds. The molecule has 1 heterocycles. The molecule has 8 rings (SSSR count). The lowest BCUT2D eigenvalue weighted by Crippen LogP contribution is -2.15. The summed E-state index contributed by atoms with van der Waals surface area (Å²) in [5.74, 6) is 1.89. The van der Waals surface area contributed by atoms with Crippen molar-refractivity contribution in [3.05, 3.63) is 162 Å². The average Bonchev–Trinajstić information content (AvgIpc) is 3.37. The van der Waals surface area contributed by atoms with Crippen LogP contribution in [-0.2, 0) is 5.41 Å². The molecule has 4 heteroatoms. The van der Waals surface area contributed by atoms with Crippen LogP contribution in [0, 0.1) is 11.3 Å². The zero-order valence-electron chi connectivity index (χ0n) is 26.1. The number of nitrogens with zero attached hydrogens (tertiary/aromatic N) is 4. The van der Waals surface area contributed by atoms with Gasteiger partial charge in [-0.1, -0.05) is 135 Å². The quantitative estimate of drug-likeness (QED) is 0.197. The molecule has 0 saturated heterocycles. The maximum Gasteiger partial charge on any atom is 0.164 e. The highest BCUT2D eigenvalue weighted by Gasteiger charge is 2.35. The minimum Gasteiger partial charge on any atom is -0.208 e. The zero-order chi connectivity index (χ0) is 32.0. The van der Waals surface area contributed by atoms with Crippen molar-refractivity contribution in [1.29, 1.82) is 5.26 Å². The van der Waals surface area contributed by atoms with Crippen molar-refractivity contribution in [2.45, 2.75) is 19.3 Å². The van der Waals surface area contributed by atoms with E-state index < -0.39 is 0 Å². The Morgan fingerprint density at radius 2 is 0.936 bits per heavy atom. The molecule has 47 heavy (non-hydrogen) atoms. The Morgan fingerprint density at radius 3 is 1.62 bits per heavy atom. The molecule has 0 aliphatic heterocycles. The van der Waals surface area contributed by atoms with Crippen LogP contribution in [0.25, 0.3) is 67.5 Å². The minimum absolute atomic E-state index is 0.174. The lowest BCUT2D eigenvalue weighted by atomic mass is 9.81. The topological polar surface area (TPSA) is 62.5 Å². The Labute approximate surface area is 274 Å². The molecular formula is C43H30N4.